The highest BCUT2D eigenvalue weighted by atomic mass is 16.5. The van der Waals surface area contributed by atoms with E-state index < -0.39 is 12.2 Å². The first kappa shape index (κ1) is 14.8. The van der Waals surface area contributed by atoms with Crippen molar-refractivity contribution in [3.63, 3.8) is 0 Å². The molecule has 2 N–H and O–H groups in total. The summed E-state index contributed by atoms with van der Waals surface area (Å²) in [5.74, 6) is 0. The van der Waals surface area contributed by atoms with Gasteiger partial charge in [-0.2, -0.15) is 0 Å². The van der Waals surface area contributed by atoms with Gasteiger partial charge in [0.15, 0.2) is 0 Å². The maximum Gasteiger partial charge on any atom is 0.407 e. The van der Waals surface area contributed by atoms with Gasteiger partial charge in [0.05, 0.1) is 19.3 Å². The van der Waals surface area contributed by atoms with Crippen molar-refractivity contribution in [1.29, 1.82) is 0 Å². The summed E-state index contributed by atoms with van der Waals surface area (Å²) in [6, 6.07) is 10.2. The Labute approximate surface area is 119 Å². The SMILES string of the molecule is COC(=O)NC1CCN(C(C)c2ccccc2)CC1O. The maximum atomic E-state index is 11.2. The van der Waals surface area contributed by atoms with Crippen molar-refractivity contribution in [1.82, 2.24) is 10.2 Å². The predicted molar refractivity (Wildman–Crippen MR) is 76.4 cm³/mol. The number of likely N-dealkylation sites (tertiary alicyclic amines) is 1. The zero-order valence-corrected chi connectivity index (χ0v) is 12.0. The lowest BCUT2D eigenvalue weighted by molar-refractivity contribution is 0.0232. The molecule has 1 heterocycles. The summed E-state index contributed by atoms with van der Waals surface area (Å²) in [4.78, 5) is 13.4. The van der Waals surface area contributed by atoms with Crippen LogP contribution in [0.15, 0.2) is 30.3 Å². The number of hydrogen-bond acceptors (Lipinski definition) is 4. The van der Waals surface area contributed by atoms with Crippen LogP contribution in [0, 0.1) is 0 Å². The van der Waals surface area contributed by atoms with Crippen LogP contribution < -0.4 is 5.32 Å². The number of alkyl carbamates (subject to hydrolysis) is 1. The van der Waals surface area contributed by atoms with E-state index in [9.17, 15) is 9.90 Å². The van der Waals surface area contributed by atoms with Gasteiger partial charge in [0, 0.05) is 19.1 Å². The lowest BCUT2D eigenvalue weighted by atomic mass is 9.98. The van der Waals surface area contributed by atoms with E-state index in [2.05, 4.69) is 34.0 Å². The lowest BCUT2D eigenvalue weighted by Gasteiger charge is -2.39. The molecule has 1 amide bonds. The normalized spacial score (nSPS) is 24.9. The number of hydrogen-bond donors (Lipinski definition) is 2. The van der Waals surface area contributed by atoms with Gasteiger partial charge in [-0.05, 0) is 18.9 Å². The van der Waals surface area contributed by atoms with Gasteiger partial charge in [-0.25, -0.2) is 4.79 Å². The molecule has 5 nitrogen and oxygen atoms in total. The largest absolute Gasteiger partial charge is 0.453 e. The molecule has 3 unspecified atom stereocenters. The van der Waals surface area contributed by atoms with Gasteiger partial charge in [0.1, 0.15) is 0 Å². The average molecular weight is 278 g/mol. The van der Waals surface area contributed by atoms with Crippen LogP contribution in [0.5, 0.6) is 0 Å². The quantitative estimate of drug-likeness (QED) is 0.880. The highest BCUT2D eigenvalue weighted by Crippen LogP contribution is 2.24. The summed E-state index contributed by atoms with van der Waals surface area (Å²) < 4.78 is 4.57. The summed E-state index contributed by atoms with van der Waals surface area (Å²) in [7, 11) is 1.33. The third-order valence-electron chi connectivity index (χ3n) is 3.93. The van der Waals surface area contributed by atoms with Crippen LogP contribution in [-0.4, -0.2) is 48.4 Å². The van der Waals surface area contributed by atoms with Crippen molar-refractivity contribution >= 4 is 6.09 Å². The molecule has 3 atom stereocenters. The van der Waals surface area contributed by atoms with E-state index in [0.717, 1.165) is 6.54 Å². The Kier molecular flexibility index (Phi) is 4.98. The van der Waals surface area contributed by atoms with Crippen molar-refractivity contribution < 1.29 is 14.6 Å². The number of ether oxygens (including phenoxy) is 1. The van der Waals surface area contributed by atoms with Crippen LogP contribution in [0.3, 0.4) is 0 Å². The number of amides is 1. The average Bonchev–Trinajstić information content (AvgIpc) is 2.49. The second-order valence-corrected chi connectivity index (χ2v) is 5.18. The molecule has 1 fully saturated rings. The monoisotopic (exact) mass is 278 g/mol. The Balaban J connectivity index is 1.93. The highest BCUT2D eigenvalue weighted by Gasteiger charge is 2.31. The fourth-order valence-electron chi connectivity index (χ4n) is 2.63. The molecule has 110 valence electrons. The molecular weight excluding hydrogens is 256 g/mol. The first-order chi connectivity index (χ1) is 9.61. The minimum atomic E-state index is -0.575. The maximum absolute atomic E-state index is 11.2. The van der Waals surface area contributed by atoms with Gasteiger partial charge in [-0.15, -0.1) is 0 Å². The van der Waals surface area contributed by atoms with Gasteiger partial charge in [-0.3, -0.25) is 4.90 Å². The fourth-order valence-corrected chi connectivity index (χ4v) is 2.63. The Morgan fingerprint density at radius 2 is 2.15 bits per heavy atom. The number of β-amino-alcohol motifs (C(OH)–C–C–N with tert-alkyl or cyclic N) is 1. The molecule has 5 heteroatoms. The third-order valence-corrected chi connectivity index (χ3v) is 3.93. The molecular formula is C15H22N2O3. The van der Waals surface area contributed by atoms with Crippen molar-refractivity contribution in [2.45, 2.75) is 31.5 Å². The van der Waals surface area contributed by atoms with Gasteiger partial charge in [0.25, 0.3) is 0 Å². The Morgan fingerprint density at radius 3 is 2.75 bits per heavy atom. The number of nitrogens with zero attached hydrogens (tertiary/aromatic N) is 1. The number of piperidine rings is 1. The molecule has 0 saturated carbocycles. The molecule has 20 heavy (non-hydrogen) atoms. The van der Waals surface area contributed by atoms with Gasteiger partial charge < -0.3 is 15.2 Å². The fraction of sp³-hybridized carbons (Fsp3) is 0.533. The Morgan fingerprint density at radius 1 is 1.45 bits per heavy atom. The highest BCUT2D eigenvalue weighted by molar-refractivity contribution is 5.67. The zero-order valence-electron chi connectivity index (χ0n) is 12.0. The number of carbonyl (C=O) groups is 1. The van der Waals surface area contributed by atoms with Gasteiger partial charge in [0.2, 0.25) is 0 Å². The predicted octanol–water partition coefficient (Wildman–Crippen LogP) is 1.54. The molecule has 2 rings (SSSR count). The van der Waals surface area contributed by atoms with E-state index in [1.807, 2.05) is 18.2 Å². The molecule has 0 radical (unpaired) electrons. The number of benzene rings is 1. The van der Waals surface area contributed by atoms with Crippen LogP contribution in [0.1, 0.15) is 24.9 Å². The van der Waals surface area contributed by atoms with Crippen LogP contribution in [-0.2, 0) is 4.74 Å². The Bertz CT molecular complexity index is 438. The minimum absolute atomic E-state index is 0.235. The van der Waals surface area contributed by atoms with Crippen LogP contribution >= 0.6 is 0 Å². The summed E-state index contributed by atoms with van der Waals surface area (Å²) >= 11 is 0. The summed E-state index contributed by atoms with van der Waals surface area (Å²) in [5.41, 5.74) is 1.24. The standard InChI is InChI=1S/C15H22N2O3/c1-11(12-6-4-3-5-7-12)17-9-8-13(14(18)10-17)16-15(19)20-2/h3-7,11,13-14,18H,8-10H2,1-2H3,(H,16,19). The minimum Gasteiger partial charge on any atom is -0.453 e. The second kappa shape index (κ2) is 6.72. The molecule has 1 aliphatic rings. The van der Waals surface area contributed by atoms with Gasteiger partial charge in [-0.1, -0.05) is 30.3 Å². The smallest absolute Gasteiger partial charge is 0.407 e. The second-order valence-electron chi connectivity index (χ2n) is 5.18. The van der Waals surface area contributed by atoms with Crippen LogP contribution in [0.2, 0.25) is 0 Å². The van der Waals surface area contributed by atoms with E-state index in [-0.39, 0.29) is 12.1 Å². The van der Waals surface area contributed by atoms with E-state index >= 15 is 0 Å². The summed E-state index contributed by atoms with van der Waals surface area (Å²) in [5, 5.41) is 12.8. The molecule has 0 aromatic heterocycles. The van der Waals surface area contributed by atoms with Crippen molar-refractivity contribution in [2.24, 2.45) is 0 Å². The molecule has 1 saturated heterocycles. The first-order valence-electron chi connectivity index (χ1n) is 6.93. The number of carbonyl (C=O) groups excluding carboxylic acids is 1. The van der Waals surface area contributed by atoms with Crippen LogP contribution in [0.25, 0.3) is 0 Å². The molecule has 1 aliphatic heterocycles. The van der Waals surface area contributed by atoms with Crippen LogP contribution in [0.4, 0.5) is 4.79 Å². The molecule has 1 aromatic rings. The molecule has 1 aromatic carbocycles. The summed E-state index contributed by atoms with van der Waals surface area (Å²) in [6.45, 7) is 3.52. The number of methoxy groups -OCH3 is 1. The number of rotatable bonds is 3. The van der Waals surface area contributed by atoms with Crippen molar-refractivity contribution in [3.05, 3.63) is 35.9 Å². The van der Waals surface area contributed by atoms with Gasteiger partial charge >= 0.3 is 6.09 Å². The van der Waals surface area contributed by atoms with Crippen molar-refractivity contribution in [3.8, 4) is 0 Å². The van der Waals surface area contributed by atoms with E-state index in [0.29, 0.717) is 13.0 Å². The number of aliphatic hydroxyl groups is 1. The summed E-state index contributed by atoms with van der Waals surface area (Å²) in [6.07, 6.45) is -0.347. The number of nitrogens with one attached hydrogen (secondary N) is 1. The van der Waals surface area contributed by atoms with Crippen molar-refractivity contribution in [2.75, 3.05) is 20.2 Å². The third kappa shape index (κ3) is 3.49. The lowest BCUT2D eigenvalue weighted by Crippen LogP contribution is -2.54. The van der Waals surface area contributed by atoms with E-state index in [1.54, 1.807) is 0 Å². The Hall–Kier alpha value is -1.59. The molecule has 0 bridgehead atoms. The number of aliphatic hydroxyl groups excluding tert-OH is 1. The van der Waals surface area contributed by atoms with E-state index in [1.165, 1.54) is 12.7 Å². The zero-order chi connectivity index (χ0) is 14.5. The van der Waals surface area contributed by atoms with E-state index in [4.69, 9.17) is 0 Å². The first-order valence-corrected chi connectivity index (χ1v) is 6.93. The molecule has 0 aliphatic carbocycles. The topological polar surface area (TPSA) is 61.8 Å². The molecule has 0 spiro atoms.